The summed E-state index contributed by atoms with van der Waals surface area (Å²) < 4.78 is 0. The van der Waals surface area contributed by atoms with Crippen LogP contribution in [0.4, 0.5) is 0 Å². The second kappa shape index (κ2) is 2.67. The van der Waals surface area contributed by atoms with Gasteiger partial charge in [0.25, 0.3) is 0 Å². The van der Waals surface area contributed by atoms with E-state index in [0.717, 1.165) is 4.90 Å². The van der Waals surface area contributed by atoms with E-state index in [4.69, 9.17) is 0 Å². The van der Waals surface area contributed by atoms with Crippen molar-refractivity contribution in [3.63, 3.8) is 0 Å². The fraction of sp³-hybridized carbons (Fsp3) is 0.200. The van der Waals surface area contributed by atoms with Crippen LogP contribution < -0.4 is 0 Å². The molecular formula is C5H6N2S. The first-order chi connectivity index (χ1) is 3.93. The molecule has 0 aromatic carbocycles. The summed E-state index contributed by atoms with van der Waals surface area (Å²) in [4.78, 5) is 8.75. The molecular weight excluding hydrogens is 120 g/mol. The van der Waals surface area contributed by atoms with Crippen molar-refractivity contribution < 1.29 is 0 Å². The van der Waals surface area contributed by atoms with Gasteiger partial charge in [0.1, 0.15) is 6.33 Å². The minimum atomic E-state index is 1.10. The fourth-order valence-electron chi connectivity index (χ4n) is 0.391. The summed E-state index contributed by atoms with van der Waals surface area (Å²) in [5, 5.41) is 0. The quantitative estimate of drug-likeness (QED) is 0.529. The normalized spacial score (nSPS) is 9.12. The summed E-state index contributed by atoms with van der Waals surface area (Å²) in [5.74, 6) is 0. The van der Waals surface area contributed by atoms with Crippen molar-refractivity contribution in [2.24, 2.45) is 0 Å². The zero-order valence-corrected chi connectivity index (χ0v) is 5.35. The minimum Gasteiger partial charge on any atom is -0.244 e. The second-order valence-corrected chi connectivity index (χ2v) is 2.16. The zero-order valence-electron chi connectivity index (χ0n) is 4.53. The molecule has 0 radical (unpaired) electrons. The highest BCUT2D eigenvalue weighted by molar-refractivity contribution is 7.98. The molecule has 0 spiro atoms. The molecule has 3 heteroatoms. The molecule has 0 N–H and O–H groups in total. The van der Waals surface area contributed by atoms with Gasteiger partial charge in [-0.25, -0.2) is 9.97 Å². The maximum absolute atomic E-state index is 3.82. The van der Waals surface area contributed by atoms with Crippen molar-refractivity contribution in [2.45, 2.75) is 4.90 Å². The van der Waals surface area contributed by atoms with Crippen molar-refractivity contribution in [3.8, 4) is 0 Å². The van der Waals surface area contributed by atoms with E-state index in [1.54, 1.807) is 24.2 Å². The van der Waals surface area contributed by atoms with E-state index in [2.05, 4.69) is 9.97 Å². The summed E-state index contributed by atoms with van der Waals surface area (Å²) >= 11 is 1.64. The van der Waals surface area contributed by atoms with Crippen molar-refractivity contribution in [2.75, 3.05) is 6.26 Å². The molecule has 1 rings (SSSR count). The Balaban J connectivity index is 2.83. The zero-order chi connectivity index (χ0) is 5.82. The van der Waals surface area contributed by atoms with Crippen LogP contribution in [0, 0.1) is 0 Å². The van der Waals surface area contributed by atoms with Gasteiger partial charge in [0.2, 0.25) is 0 Å². The molecule has 1 aromatic heterocycles. The summed E-state index contributed by atoms with van der Waals surface area (Å²) in [7, 11) is 0. The van der Waals surface area contributed by atoms with Crippen molar-refractivity contribution in [1.82, 2.24) is 9.97 Å². The van der Waals surface area contributed by atoms with E-state index in [-0.39, 0.29) is 0 Å². The Morgan fingerprint density at radius 3 is 2.38 bits per heavy atom. The van der Waals surface area contributed by atoms with Gasteiger partial charge in [0.15, 0.2) is 0 Å². The number of hydrogen-bond acceptors (Lipinski definition) is 3. The lowest BCUT2D eigenvalue weighted by molar-refractivity contribution is 1.10. The van der Waals surface area contributed by atoms with Crippen LogP contribution in [0.3, 0.4) is 0 Å². The van der Waals surface area contributed by atoms with Gasteiger partial charge in [-0.1, -0.05) is 0 Å². The van der Waals surface area contributed by atoms with Gasteiger partial charge in [-0.15, -0.1) is 11.8 Å². The molecule has 8 heavy (non-hydrogen) atoms. The van der Waals surface area contributed by atoms with Crippen LogP contribution in [0.25, 0.3) is 0 Å². The molecule has 0 atom stereocenters. The lowest BCUT2D eigenvalue weighted by Crippen LogP contribution is -1.74. The van der Waals surface area contributed by atoms with Crippen LogP contribution >= 0.6 is 11.8 Å². The van der Waals surface area contributed by atoms with Gasteiger partial charge >= 0.3 is 0 Å². The number of rotatable bonds is 1. The average Bonchev–Trinajstić information content (AvgIpc) is 1.90. The van der Waals surface area contributed by atoms with Crippen LogP contribution in [0.1, 0.15) is 0 Å². The van der Waals surface area contributed by atoms with E-state index in [1.807, 2.05) is 6.26 Å². The summed E-state index contributed by atoms with van der Waals surface area (Å²) in [6.07, 6.45) is 7.10. The van der Waals surface area contributed by atoms with Crippen LogP contribution in [-0.4, -0.2) is 16.2 Å². The number of hydrogen-bond donors (Lipinski definition) is 0. The first-order valence-electron chi connectivity index (χ1n) is 2.22. The Labute approximate surface area is 52.4 Å². The molecule has 0 aliphatic rings. The van der Waals surface area contributed by atoms with Crippen molar-refractivity contribution >= 4 is 11.8 Å². The first-order valence-corrected chi connectivity index (χ1v) is 3.45. The largest absolute Gasteiger partial charge is 0.244 e. The lowest BCUT2D eigenvalue weighted by Gasteiger charge is -1.87. The second-order valence-electron chi connectivity index (χ2n) is 1.28. The van der Waals surface area contributed by atoms with Crippen LogP contribution in [0.5, 0.6) is 0 Å². The number of nitrogens with zero attached hydrogens (tertiary/aromatic N) is 2. The maximum atomic E-state index is 3.82. The van der Waals surface area contributed by atoms with Crippen LogP contribution in [-0.2, 0) is 0 Å². The molecule has 0 unspecified atom stereocenters. The summed E-state index contributed by atoms with van der Waals surface area (Å²) in [5.41, 5.74) is 0. The van der Waals surface area contributed by atoms with E-state index < -0.39 is 0 Å². The Morgan fingerprint density at radius 2 is 2.00 bits per heavy atom. The van der Waals surface area contributed by atoms with Crippen molar-refractivity contribution in [1.29, 1.82) is 0 Å². The SMILES string of the molecule is CSc1cncnc1. The highest BCUT2D eigenvalue weighted by Gasteiger charge is 1.82. The van der Waals surface area contributed by atoms with Gasteiger partial charge in [0.05, 0.1) is 0 Å². The van der Waals surface area contributed by atoms with Crippen molar-refractivity contribution in [3.05, 3.63) is 18.7 Å². The summed E-state index contributed by atoms with van der Waals surface area (Å²) in [6.45, 7) is 0. The lowest BCUT2D eigenvalue weighted by atomic mass is 10.7. The van der Waals surface area contributed by atoms with Crippen LogP contribution in [0.15, 0.2) is 23.6 Å². The molecule has 0 saturated carbocycles. The van der Waals surface area contributed by atoms with E-state index >= 15 is 0 Å². The molecule has 0 fully saturated rings. The van der Waals surface area contributed by atoms with E-state index in [9.17, 15) is 0 Å². The van der Waals surface area contributed by atoms with E-state index in [0.29, 0.717) is 0 Å². The van der Waals surface area contributed by atoms with Gasteiger partial charge in [-0.2, -0.15) is 0 Å². The molecule has 2 nitrogen and oxygen atoms in total. The molecule has 42 valence electrons. The first kappa shape index (κ1) is 5.56. The third kappa shape index (κ3) is 1.20. The number of aromatic nitrogens is 2. The standard InChI is InChI=1S/C5H6N2S/c1-8-5-2-6-4-7-3-5/h2-4H,1H3. The molecule has 0 aliphatic carbocycles. The third-order valence-electron chi connectivity index (χ3n) is 0.773. The maximum Gasteiger partial charge on any atom is 0.115 e. The molecule has 0 saturated heterocycles. The Hall–Kier alpha value is -0.570. The van der Waals surface area contributed by atoms with Gasteiger partial charge in [-0.05, 0) is 6.26 Å². The topological polar surface area (TPSA) is 25.8 Å². The molecule has 1 heterocycles. The Bertz CT molecular complexity index is 152. The monoisotopic (exact) mass is 126 g/mol. The third-order valence-corrected chi connectivity index (χ3v) is 1.45. The fourth-order valence-corrected chi connectivity index (χ4v) is 0.723. The summed E-state index contributed by atoms with van der Waals surface area (Å²) in [6, 6.07) is 0. The Morgan fingerprint density at radius 1 is 1.38 bits per heavy atom. The molecule has 0 bridgehead atoms. The molecule has 0 aliphatic heterocycles. The van der Waals surface area contributed by atoms with E-state index in [1.165, 1.54) is 6.33 Å². The minimum absolute atomic E-state index is 1.10. The average molecular weight is 126 g/mol. The highest BCUT2D eigenvalue weighted by Crippen LogP contribution is 2.08. The predicted molar refractivity (Wildman–Crippen MR) is 33.8 cm³/mol. The Kier molecular flexibility index (Phi) is 1.86. The van der Waals surface area contributed by atoms with Gasteiger partial charge in [0, 0.05) is 17.3 Å². The van der Waals surface area contributed by atoms with Gasteiger partial charge in [-0.3, -0.25) is 0 Å². The highest BCUT2D eigenvalue weighted by atomic mass is 32.2. The number of thioether (sulfide) groups is 1. The van der Waals surface area contributed by atoms with Crippen LogP contribution in [0.2, 0.25) is 0 Å². The molecule has 0 amide bonds. The predicted octanol–water partition coefficient (Wildman–Crippen LogP) is 1.20. The smallest absolute Gasteiger partial charge is 0.115 e. The van der Waals surface area contributed by atoms with Gasteiger partial charge < -0.3 is 0 Å². The molecule has 1 aromatic rings.